The van der Waals surface area contributed by atoms with Gasteiger partial charge >= 0.3 is 5.97 Å². The van der Waals surface area contributed by atoms with Gasteiger partial charge in [0.05, 0.1) is 6.92 Å². The molecule has 3 N–H and O–H groups in total. The number of carboxylic acid groups (broad SMARTS) is 1. The van der Waals surface area contributed by atoms with E-state index in [0.29, 0.717) is 0 Å². The van der Waals surface area contributed by atoms with Crippen LogP contribution >= 0.6 is 0 Å². The molecule has 1 radical (unpaired) electrons. The number of hydrogen-bond donors (Lipinski definition) is 2. The van der Waals surface area contributed by atoms with Crippen molar-refractivity contribution < 1.29 is 9.90 Å². The monoisotopic (exact) mass is 101 g/mol. The molecule has 7 heavy (non-hydrogen) atoms. The van der Waals surface area contributed by atoms with Gasteiger partial charge in [-0.05, 0) is 0 Å². The highest BCUT2D eigenvalue weighted by Crippen LogP contribution is 1.91. The van der Waals surface area contributed by atoms with Crippen LogP contribution in [0.15, 0.2) is 0 Å². The molecule has 0 unspecified atom stereocenters. The van der Waals surface area contributed by atoms with E-state index in [0.717, 1.165) is 0 Å². The minimum absolute atomic E-state index is 1.20. The molecule has 0 amide bonds. The highest BCUT2D eigenvalue weighted by Gasteiger charge is 2.28. The molecule has 0 aliphatic rings. The van der Waals surface area contributed by atoms with Crippen LogP contribution in [0.2, 0.25) is 0 Å². The number of carboxylic acids is 1. The molecule has 0 saturated heterocycles. The molecule has 0 spiro atoms. The van der Waals surface area contributed by atoms with E-state index >= 15 is 0 Å². The molecule has 0 aromatic rings. The molecule has 0 aliphatic heterocycles. The van der Waals surface area contributed by atoms with Crippen LogP contribution in [0.1, 0.15) is 0 Å². The average Bonchev–Trinajstić information content (AvgIpc) is 1.31. The van der Waals surface area contributed by atoms with Crippen LogP contribution < -0.4 is 5.73 Å². The molecule has 0 saturated carbocycles. The van der Waals surface area contributed by atoms with Crippen LogP contribution in [0.3, 0.4) is 0 Å². The van der Waals surface area contributed by atoms with E-state index in [1.54, 1.807) is 0 Å². The maximum atomic E-state index is 9.77. The normalized spacial score (nSPS) is 18.0. The molecule has 0 rings (SSSR count). The van der Waals surface area contributed by atoms with Crippen LogP contribution in [0, 0.1) is 13.8 Å². The Morgan fingerprint density at radius 3 is 2.14 bits per heavy atom. The van der Waals surface area contributed by atoms with E-state index in [4.69, 9.17) is 10.8 Å². The Labute approximate surface area is 42.1 Å². The SMILES string of the molecule is [CH2]C([CH2+])(N)C(=O)O. The van der Waals surface area contributed by atoms with Crippen molar-refractivity contribution in [2.24, 2.45) is 5.73 Å². The van der Waals surface area contributed by atoms with Gasteiger partial charge < -0.3 is 5.11 Å². The lowest BCUT2D eigenvalue weighted by Crippen LogP contribution is -2.41. The minimum atomic E-state index is -1.58. The maximum Gasteiger partial charge on any atom is 0.370 e. The summed E-state index contributed by atoms with van der Waals surface area (Å²) in [5, 5.41) is 8.00. The predicted octanol–water partition coefficient (Wildman–Crippen LogP) is -0.563. The minimum Gasteiger partial charge on any atom is -0.477 e. The Hall–Kier alpha value is -0.700. The quantitative estimate of drug-likeness (QED) is 0.435. The van der Waals surface area contributed by atoms with Crippen molar-refractivity contribution in [1.82, 2.24) is 0 Å². The number of aliphatic carboxylic acids is 1. The van der Waals surface area contributed by atoms with E-state index in [-0.39, 0.29) is 0 Å². The molecule has 0 heterocycles. The Bertz CT molecular complexity index is 82.2. The standard InChI is InChI=1S/C4H6NO2/c1-4(2,5)3(6)7/h1-2,5H2/p+1. The fourth-order valence-corrected chi connectivity index (χ4v) is 0. The Morgan fingerprint density at radius 2 is 2.14 bits per heavy atom. The van der Waals surface area contributed by atoms with Gasteiger partial charge in [0.25, 0.3) is 5.54 Å². The van der Waals surface area contributed by atoms with Gasteiger partial charge in [-0.3, -0.25) is 5.73 Å². The van der Waals surface area contributed by atoms with E-state index < -0.39 is 11.5 Å². The van der Waals surface area contributed by atoms with Gasteiger partial charge in [-0.2, -0.15) is 0 Å². The summed E-state index contributed by atoms with van der Waals surface area (Å²) in [7, 11) is 0. The summed E-state index contributed by atoms with van der Waals surface area (Å²) in [4.78, 5) is 9.77. The van der Waals surface area contributed by atoms with Crippen molar-refractivity contribution in [2.75, 3.05) is 0 Å². The summed E-state index contributed by atoms with van der Waals surface area (Å²) < 4.78 is 0. The molecular weight excluding hydrogens is 94.0 g/mol. The van der Waals surface area contributed by atoms with Gasteiger partial charge in [0.1, 0.15) is 0 Å². The van der Waals surface area contributed by atoms with Crippen LogP contribution in [-0.4, -0.2) is 16.6 Å². The van der Waals surface area contributed by atoms with Crippen molar-refractivity contribution in [2.45, 2.75) is 5.54 Å². The third kappa shape index (κ3) is 2.05. The van der Waals surface area contributed by atoms with Gasteiger partial charge in [0.15, 0.2) is 0 Å². The largest absolute Gasteiger partial charge is 0.477 e. The summed E-state index contributed by atoms with van der Waals surface area (Å²) in [6.07, 6.45) is 0. The maximum absolute atomic E-state index is 9.77. The molecule has 0 aromatic heterocycles. The van der Waals surface area contributed by atoms with Gasteiger partial charge in [0.2, 0.25) is 0 Å². The lowest BCUT2D eigenvalue weighted by atomic mass is 10.1. The molecule has 0 aliphatic carbocycles. The summed E-state index contributed by atoms with van der Waals surface area (Å²) in [6, 6.07) is 0. The summed E-state index contributed by atoms with van der Waals surface area (Å²) in [6.45, 7) is 6.07. The second kappa shape index (κ2) is 1.42. The fraction of sp³-hybridized carbons (Fsp3) is 0.250. The van der Waals surface area contributed by atoms with Crippen LogP contribution in [-0.2, 0) is 4.79 Å². The van der Waals surface area contributed by atoms with E-state index in [2.05, 4.69) is 13.8 Å². The lowest BCUT2D eigenvalue weighted by Gasteiger charge is -2.00. The third-order valence-electron chi connectivity index (χ3n) is 0.426. The first-order valence-electron chi connectivity index (χ1n) is 1.67. The highest BCUT2D eigenvalue weighted by atomic mass is 16.4. The Morgan fingerprint density at radius 1 is 2.00 bits per heavy atom. The van der Waals surface area contributed by atoms with Crippen molar-refractivity contribution in [3.63, 3.8) is 0 Å². The number of hydrogen-bond acceptors (Lipinski definition) is 2. The molecule has 39 valence electrons. The second-order valence-electron chi connectivity index (χ2n) is 1.46. The number of nitrogens with two attached hydrogens (primary N) is 1. The topological polar surface area (TPSA) is 63.3 Å². The van der Waals surface area contributed by atoms with E-state index in [1.165, 1.54) is 0 Å². The van der Waals surface area contributed by atoms with Gasteiger partial charge in [0, 0.05) is 6.92 Å². The Kier molecular flexibility index (Phi) is 1.28. The summed E-state index contributed by atoms with van der Waals surface area (Å²) in [5.41, 5.74) is 3.27. The van der Waals surface area contributed by atoms with Gasteiger partial charge in [-0.15, -0.1) is 0 Å². The average molecular weight is 101 g/mol. The van der Waals surface area contributed by atoms with Crippen LogP contribution in [0.5, 0.6) is 0 Å². The molecule has 0 bridgehead atoms. The van der Waals surface area contributed by atoms with Gasteiger partial charge in [-0.25, -0.2) is 4.79 Å². The highest BCUT2D eigenvalue weighted by molar-refractivity contribution is 5.80. The lowest BCUT2D eigenvalue weighted by molar-refractivity contribution is -0.140. The van der Waals surface area contributed by atoms with Crippen molar-refractivity contribution in [3.8, 4) is 0 Å². The first-order chi connectivity index (χ1) is 2.94. The fourth-order valence-electron chi connectivity index (χ4n) is 0. The molecule has 0 fully saturated rings. The van der Waals surface area contributed by atoms with E-state index in [9.17, 15) is 4.79 Å². The smallest absolute Gasteiger partial charge is 0.370 e. The van der Waals surface area contributed by atoms with Crippen molar-refractivity contribution >= 4 is 5.97 Å². The predicted molar refractivity (Wildman–Crippen MR) is 25.3 cm³/mol. The second-order valence-corrected chi connectivity index (χ2v) is 1.46. The summed E-state index contributed by atoms with van der Waals surface area (Å²) in [5.74, 6) is -1.20. The molecule has 3 heteroatoms. The van der Waals surface area contributed by atoms with Crippen molar-refractivity contribution in [1.29, 1.82) is 0 Å². The van der Waals surface area contributed by atoms with Crippen LogP contribution in [0.25, 0.3) is 0 Å². The van der Waals surface area contributed by atoms with E-state index in [1.807, 2.05) is 0 Å². The van der Waals surface area contributed by atoms with Crippen LogP contribution in [0.4, 0.5) is 0 Å². The summed E-state index contributed by atoms with van der Waals surface area (Å²) >= 11 is 0. The first kappa shape index (κ1) is 6.30. The zero-order valence-electron chi connectivity index (χ0n) is 3.85. The zero-order valence-corrected chi connectivity index (χ0v) is 3.85. The number of carbonyl (C=O) groups is 1. The molecule has 3 nitrogen and oxygen atoms in total. The molecular formula is C4H7NO2+. The van der Waals surface area contributed by atoms with Gasteiger partial charge in [-0.1, -0.05) is 0 Å². The third-order valence-corrected chi connectivity index (χ3v) is 0.426. The zero-order chi connectivity index (χ0) is 6.08. The molecule has 0 atom stereocenters. The number of rotatable bonds is 1. The first-order valence-corrected chi connectivity index (χ1v) is 1.67. The van der Waals surface area contributed by atoms with Crippen molar-refractivity contribution in [3.05, 3.63) is 13.8 Å². The Balaban J connectivity index is 3.79. The molecule has 0 aromatic carbocycles.